The summed E-state index contributed by atoms with van der Waals surface area (Å²) in [7, 11) is 1.83. The minimum atomic E-state index is -0.390. The number of benzene rings is 1. The number of aliphatic hydroxyl groups is 1. The van der Waals surface area contributed by atoms with E-state index in [2.05, 4.69) is 0 Å². The topological polar surface area (TPSA) is 49.7 Å². The van der Waals surface area contributed by atoms with E-state index < -0.39 is 5.82 Å². The fourth-order valence-electron chi connectivity index (χ4n) is 0.907. The molecule has 0 saturated carbocycles. The van der Waals surface area contributed by atoms with Gasteiger partial charge >= 0.3 is 7.48 Å². The Morgan fingerprint density at radius 2 is 2.07 bits per heavy atom. The Labute approximate surface area is 83.4 Å². The lowest BCUT2D eigenvalue weighted by Gasteiger charge is -2.06. The second kappa shape index (κ2) is 7.35. The molecule has 0 aliphatic rings. The lowest BCUT2D eigenvalue weighted by Crippen LogP contribution is -2.17. The van der Waals surface area contributed by atoms with Crippen LogP contribution < -0.4 is 10.2 Å². The van der Waals surface area contributed by atoms with Crippen LogP contribution in [0.2, 0.25) is 0 Å². The van der Waals surface area contributed by atoms with Crippen LogP contribution in [-0.4, -0.2) is 31.3 Å². The number of rotatable bonds is 3. The van der Waals surface area contributed by atoms with Crippen molar-refractivity contribution in [3.8, 4) is 5.75 Å². The van der Waals surface area contributed by atoms with Crippen LogP contribution in [0.25, 0.3) is 0 Å². The molecule has 3 nitrogen and oxygen atoms in total. The van der Waals surface area contributed by atoms with Crippen molar-refractivity contribution < 1.29 is 19.3 Å². The van der Waals surface area contributed by atoms with Gasteiger partial charge in [0.2, 0.25) is 0 Å². The molecule has 77 valence electrons. The maximum Gasteiger partial charge on any atom is 0.330 e. The number of hydrogen-bond acceptors (Lipinski definition) is 3. The van der Waals surface area contributed by atoms with Gasteiger partial charge in [-0.15, -0.1) is 0 Å². The van der Waals surface area contributed by atoms with Crippen molar-refractivity contribution in [3.63, 3.8) is 0 Å². The first-order valence-corrected chi connectivity index (χ1v) is 4.12. The Bertz CT molecular complexity index is 268. The van der Waals surface area contributed by atoms with E-state index in [0.29, 0.717) is 17.8 Å². The monoisotopic (exact) mass is 199 g/mol. The quantitative estimate of drug-likeness (QED) is 0.677. The standard InChI is InChI=1S/C8H9BFO2.CH4O/c1-2-12-8-4-3-6(10)5-7(8)9-11;1-2/h3-5,11H,2H2,1H3;2H,1H3. The van der Waals surface area contributed by atoms with Crippen LogP contribution in [0.4, 0.5) is 4.39 Å². The summed E-state index contributed by atoms with van der Waals surface area (Å²) in [4.78, 5) is 0. The average Bonchev–Trinajstić information content (AvgIpc) is 2.24. The molecule has 0 atom stereocenters. The highest BCUT2D eigenvalue weighted by atomic mass is 19.1. The van der Waals surface area contributed by atoms with E-state index in [1.54, 1.807) is 0 Å². The third-order valence-corrected chi connectivity index (χ3v) is 1.41. The SMILES string of the molecule is CCOc1ccc(F)cc1[B]O.CO. The first-order chi connectivity index (χ1) is 6.77. The van der Waals surface area contributed by atoms with Crippen LogP contribution in [0.1, 0.15) is 6.92 Å². The molecule has 1 aromatic carbocycles. The molecule has 1 rings (SSSR count). The van der Waals surface area contributed by atoms with Crippen molar-refractivity contribution in [1.29, 1.82) is 0 Å². The molecule has 0 saturated heterocycles. The fraction of sp³-hybridized carbons (Fsp3) is 0.333. The van der Waals surface area contributed by atoms with Crippen LogP contribution in [0.5, 0.6) is 5.75 Å². The molecular weight excluding hydrogens is 186 g/mol. The second-order valence-electron chi connectivity index (χ2n) is 2.24. The van der Waals surface area contributed by atoms with E-state index >= 15 is 0 Å². The van der Waals surface area contributed by atoms with Gasteiger partial charge in [-0.25, -0.2) is 4.39 Å². The normalized spacial score (nSPS) is 8.64. The molecule has 0 heterocycles. The van der Waals surface area contributed by atoms with Crippen molar-refractivity contribution in [2.24, 2.45) is 0 Å². The number of halogens is 1. The summed E-state index contributed by atoms with van der Waals surface area (Å²) in [5.74, 6) is 0.0974. The van der Waals surface area contributed by atoms with Gasteiger partial charge in [0.05, 0.1) is 6.61 Å². The van der Waals surface area contributed by atoms with E-state index in [4.69, 9.17) is 14.9 Å². The Hall–Kier alpha value is -1.07. The molecule has 0 fully saturated rings. The van der Waals surface area contributed by atoms with Gasteiger partial charge in [0, 0.05) is 7.11 Å². The van der Waals surface area contributed by atoms with Gasteiger partial charge < -0.3 is 14.9 Å². The minimum absolute atomic E-state index is 0.358. The molecule has 0 aromatic heterocycles. The molecule has 5 heteroatoms. The predicted molar refractivity (Wildman–Crippen MR) is 53.3 cm³/mol. The minimum Gasteiger partial charge on any atom is -0.494 e. The summed E-state index contributed by atoms with van der Waals surface area (Å²) in [5.41, 5.74) is 0.358. The second-order valence-corrected chi connectivity index (χ2v) is 2.24. The van der Waals surface area contributed by atoms with E-state index in [1.807, 2.05) is 6.92 Å². The molecule has 0 aliphatic heterocycles. The summed E-state index contributed by atoms with van der Waals surface area (Å²) in [6.07, 6.45) is 0. The zero-order valence-electron chi connectivity index (χ0n) is 8.20. The molecule has 1 aromatic rings. The van der Waals surface area contributed by atoms with E-state index in [-0.39, 0.29) is 0 Å². The van der Waals surface area contributed by atoms with Gasteiger partial charge in [-0.2, -0.15) is 0 Å². The molecule has 14 heavy (non-hydrogen) atoms. The van der Waals surface area contributed by atoms with Crippen LogP contribution in [0, 0.1) is 5.82 Å². The van der Waals surface area contributed by atoms with Gasteiger partial charge in [0.25, 0.3) is 0 Å². The Morgan fingerprint density at radius 1 is 1.43 bits per heavy atom. The van der Waals surface area contributed by atoms with Gasteiger partial charge in [-0.05, 0) is 30.6 Å². The van der Waals surface area contributed by atoms with Crippen LogP contribution in [0.3, 0.4) is 0 Å². The maximum atomic E-state index is 12.6. The molecule has 0 bridgehead atoms. The molecule has 0 amide bonds. The van der Waals surface area contributed by atoms with Gasteiger partial charge in [-0.1, -0.05) is 0 Å². The average molecular weight is 199 g/mol. The van der Waals surface area contributed by atoms with E-state index in [9.17, 15) is 4.39 Å². The molecule has 0 aliphatic carbocycles. The van der Waals surface area contributed by atoms with Crippen molar-refractivity contribution in [3.05, 3.63) is 24.0 Å². The summed E-state index contributed by atoms with van der Waals surface area (Å²) in [6, 6.07) is 3.99. The maximum absolute atomic E-state index is 12.6. The van der Waals surface area contributed by atoms with Crippen molar-refractivity contribution in [2.75, 3.05) is 13.7 Å². The molecule has 2 N–H and O–H groups in total. The van der Waals surface area contributed by atoms with Crippen molar-refractivity contribution in [2.45, 2.75) is 6.92 Å². The highest BCUT2D eigenvalue weighted by molar-refractivity contribution is 6.46. The first-order valence-electron chi connectivity index (χ1n) is 4.12. The number of aliphatic hydroxyl groups excluding tert-OH is 1. The van der Waals surface area contributed by atoms with Gasteiger partial charge in [-0.3, -0.25) is 0 Å². The van der Waals surface area contributed by atoms with Gasteiger partial charge in [0.15, 0.2) is 0 Å². The largest absolute Gasteiger partial charge is 0.494 e. The van der Waals surface area contributed by atoms with Crippen molar-refractivity contribution in [1.82, 2.24) is 0 Å². The smallest absolute Gasteiger partial charge is 0.330 e. The summed E-state index contributed by atoms with van der Waals surface area (Å²) in [6.45, 7) is 2.32. The first kappa shape index (κ1) is 12.9. The summed E-state index contributed by atoms with van der Waals surface area (Å²) in [5, 5.41) is 15.7. The molecule has 0 spiro atoms. The lowest BCUT2D eigenvalue weighted by atomic mass is 9.88. The van der Waals surface area contributed by atoms with E-state index in [1.165, 1.54) is 18.2 Å². The number of ether oxygens (including phenoxy) is 1. The zero-order valence-corrected chi connectivity index (χ0v) is 8.20. The molecule has 0 unspecified atom stereocenters. The van der Waals surface area contributed by atoms with Crippen LogP contribution >= 0.6 is 0 Å². The lowest BCUT2D eigenvalue weighted by molar-refractivity contribution is 0.342. The fourth-order valence-corrected chi connectivity index (χ4v) is 0.907. The zero-order chi connectivity index (χ0) is 11.0. The van der Waals surface area contributed by atoms with E-state index in [0.717, 1.165) is 14.6 Å². The van der Waals surface area contributed by atoms with Crippen molar-refractivity contribution >= 4 is 12.9 Å². The summed E-state index contributed by atoms with van der Waals surface area (Å²) < 4.78 is 17.7. The van der Waals surface area contributed by atoms with Crippen LogP contribution in [0.15, 0.2) is 18.2 Å². The number of hydrogen-bond donors (Lipinski definition) is 2. The molecule has 1 radical (unpaired) electrons. The third kappa shape index (κ3) is 3.76. The highest BCUT2D eigenvalue weighted by Crippen LogP contribution is 2.07. The predicted octanol–water partition coefficient (Wildman–Crippen LogP) is 0.0697. The van der Waals surface area contributed by atoms with Crippen LogP contribution in [-0.2, 0) is 0 Å². The van der Waals surface area contributed by atoms with Gasteiger partial charge in [0.1, 0.15) is 11.6 Å². The Kier molecular flexibility index (Phi) is 6.79. The highest BCUT2D eigenvalue weighted by Gasteiger charge is 2.04. The Morgan fingerprint density at radius 3 is 2.57 bits per heavy atom. The summed E-state index contributed by atoms with van der Waals surface area (Å²) >= 11 is 0. The third-order valence-electron chi connectivity index (χ3n) is 1.41. The Balaban J connectivity index is 0.000000791. The molecular formula is C9H13BFO3.